The van der Waals surface area contributed by atoms with Crippen molar-refractivity contribution in [3.63, 3.8) is 0 Å². The Morgan fingerprint density at radius 2 is 0.784 bits per heavy atom. The second-order valence-electron chi connectivity index (χ2n) is 19.0. The van der Waals surface area contributed by atoms with Gasteiger partial charge in [0.25, 0.3) is 0 Å². The highest BCUT2D eigenvalue weighted by Crippen LogP contribution is 2.41. The SMILES string of the molecule is CO[C@H]1O[C@H](CO[C@H]2O[C@H](COC(=O)c3ccccc3)[C@@H](OC(=O)c3ccccc3)[C@H](OC(=O)c3ccccc3)[C@@H]2OC(C)=O)[C@@H](OC(=O)c2ccccc2)[C@H](O[Si](C)(C)C(C)(C)C)[C@@H]1OC(=O)c1ccccc1. The van der Waals surface area contributed by atoms with Gasteiger partial charge in [-0.05, 0) is 78.8 Å². The lowest BCUT2D eigenvalue weighted by atomic mass is 9.97. The number of rotatable bonds is 18. The van der Waals surface area contributed by atoms with Gasteiger partial charge in [0.2, 0.25) is 0 Å². The van der Waals surface area contributed by atoms with Gasteiger partial charge in [0.05, 0.1) is 34.4 Å². The second kappa shape index (κ2) is 24.8. The number of esters is 6. The summed E-state index contributed by atoms with van der Waals surface area (Å²) in [5, 5.41) is -0.430. The van der Waals surface area contributed by atoms with E-state index in [1.165, 1.54) is 43.5 Å². The summed E-state index contributed by atoms with van der Waals surface area (Å²) in [5.41, 5.74) is 0.810. The van der Waals surface area contributed by atoms with Crippen LogP contribution in [0.5, 0.6) is 0 Å². The van der Waals surface area contributed by atoms with E-state index in [0.717, 1.165) is 6.92 Å². The molecule has 0 radical (unpaired) electrons. The van der Waals surface area contributed by atoms with Crippen LogP contribution in [0.1, 0.15) is 79.5 Å². The molecule has 18 heteroatoms. The smallest absolute Gasteiger partial charge is 0.338 e. The van der Waals surface area contributed by atoms with Crippen LogP contribution in [-0.2, 0) is 56.6 Å². The number of carbonyl (C=O) groups is 6. The lowest BCUT2D eigenvalue weighted by Gasteiger charge is -2.49. The molecular weight excluding hydrogens is 973 g/mol. The van der Waals surface area contributed by atoms with E-state index in [-0.39, 0.29) is 27.8 Å². The first-order chi connectivity index (χ1) is 35.4. The average Bonchev–Trinajstić information content (AvgIpc) is 3.40. The fourth-order valence-corrected chi connectivity index (χ4v) is 9.23. The van der Waals surface area contributed by atoms with Crippen LogP contribution in [-0.4, -0.2) is 126 Å². The van der Waals surface area contributed by atoms with Crippen LogP contribution in [0.4, 0.5) is 0 Å². The third kappa shape index (κ3) is 13.8. The van der Waals surface area contributed by atoms with Gasteiger partial charge in [-0.15, -0.1) is 0 Å². The van der Waals surface area contributed by atoms with Crippen LogP contribution in [0.3, 0.4) is 0 Å². The molecule has 0 N–H and O–H groups in total. The molecule has 0 bridgehead atoms. The molecule has 5 aromatic rings. The van der Waals surface area contributed by atoms with Gasteiger partial charge in [-0.2, -0.15) is 0 Å². The van der Waals surface area contributed by atoms with Crippen LogP contribution in [0.25, 0.3) is 0 Å². The number of carbonyl (C=O) groups excluding carboxylic acids is 6. The summed E-state index contributed by atoms with van der Waals surface area (Å²) in [6.45, 7) is 9.93. The molecule has 0 amide bonds. The van der Waals surface area contributed by atoms with Crippen molar-refractivity contribution in [3.8, 4) is 0 Å². The Balaban J connectivity index is 1.30. The first kappa shape index (κ1) is 54.7. The molecule has 0 spiro atoms. The van der Waals surface area contributed by atoms with E-state index in [9.17, 15) is 28.8 Å². The summed E-state index contributed by atoms with van der Waals surface area (Å²) in [6, 6.07) is 40.4. The molecule has 2 aliphatic heterocycles. The van der Waals surface area contributed by atoms with Crippen LogP contribution in [0.15, 0.2) is 152 Å². The van der Waals surface area contributed by atoms with Crippen LogP contribution < -0.4 is 0 Å². The van der Waals surface area contributed by atoms with Crippen molar-refractivity contribution in [2.45, 2.75) is 107 Å². The minimum Gasteiger partial charge on any atom is -0.459 e. The van der Waals surface area contributed by atoms with E-state index in [0.29, 0.717) is 0 Å². The van der Waals surface area contributed by atoms with E-state index in [4.69, 9.17) is 51.8 Å². The molecule has 10 atom stereocenters. The molecule has 0 saturated carbocycles. The lowest BCUT2D eigenvalue weighted by molar-refractivity contribution is -0.326. The van der Waals surface area contributed by atoms with Crippen molar-refractivity contribution in [3.05, 3.63) is 179 Å². The summed E-state index contributed by atoms with van der Waals surface area (Å²) in [7, 11) is -1.55. The van der Waals surface area contributed by atoms with Gasteiger partial charge < -0.3 is 51.8 Å². The zero-order chi connectivity index (χ0) is 53.0. The van der Waals surface area contributed by atoms with Gasteiger partial charge >= 0.3 is 35.8 Å². The zero-order valence-electron chi connectivity index (χ0n) is 42.1. The standard InChI is InChI=1S/C56H60O17Si/c1-35(57)66-47-45(71-52(61)39-29-19-11-20-30-39)43(69-50(59)37-25-15-9-16-26-37)41(33-64-49(58)36-23-13-8-14-24-36)68-55(47)65-34-42-44(70-51(60)38-27-17-10-18-28-38)46(73-74(6,7)56(2,3)4)48(54(63-5)67-42)72-53(62)40-31-21-12-22-32-40/h8-32,41-48,54-55H,33-34H2,1-7H3/t41-,42-,43-,44-,45+,46+,47+,48+,54+,55+/m1/s1. The molecule has 2 aliphatic rings. The molecule has 0 unspecified atom stereocenters. The molecule has 2 heterocycles. The maximum absolute atomic E-state index is 14.2. The first-order valence-corrected chi connectivity index (χ1v) is 26.9. The van der Waals surface area contributed by atoms with Crippen molar-refractivity contribution in [2.24, 2.45) is 0 Å². The fourth-order valence-electron chi connectivity index (χ4n) is 7.93. The molecule has 2 fully saturated rings. The third-order valence-electron chi connectivity index (χ3n) is 12.8. The summed E-state index contributed by atoms with van der Waals surface area (Å²) in [5.74, 6) is -4.92. The Kier molecular flexibility index (Phi) is 18.3. The quantitative estimate of drug-likeness (QED) is 0.0461. The number of benzene rings is 5. The largest absolute Gasteiger partial charge is 0.459 e. The summed E-state index contributed by atoms with van der Waals surface area (Å²) < 4.78 is 69.0. The van der Waals surface area contributed by atoms with Crippen molar-refractivity contribution >= 4 is 44.1 Å². The predicted molar refractivity (Wildman–Crippen MR) is 267 cm³/mol. The number of hydrogen-bond acceptors (Lipinski definition) is 17. The zero-order valence-corrected chi connectivity index (χ0v) is 43.1. The maximum atomic E-state index is 14.2. The van der Waals surface area contributed by atoms with Crippen molar-refractivity contribution in [2.75, 3.05) is 20.3 Å². The maximum Gasteiger partial charge on any atom is 0.338 e. The van der Waals surface area contributed by atoms with E-state index >= 15 is 0 Å². The molecule has 5 aromatic carbocycles. The molecule has 17 nitrogen and oxygen atoms in total. The molecule has 0 aliphatic carbocycles. The molecule has 7 rings (SSSR count). The van der Waals surface area contributed by atoms with Crippen molar-refractivity contribution in [1.29, 1.82) is 0 Å². The van der Waals surface area contributed by atoms with Gasteiger partial charge in [-0.1, -0.05) is 112 Å². The van der Waals surface area contributed by atoms with E-state index in [1.54, 1.807) is 115 Å². The Bertz CT molecular complexity index is 2670. The topological polar surface area (TPSA) is 204 Å². The van der Waals surface area contributed by atoms with Crippen LogP contribution in [0.2, 0.25) is 18.1 Å². The lowest BCUT2D eigenvalue weighted by Crippen LogP contribution is -2.66. The fraction of sp³-hybridized carbons (Fsp3) is 0.357. The monoisotopic (exact) mass is 1030 g/mol. The Labute approximate surface area is 430 Å². The number of ether oxygens (including phenoxy) is 10. The predicted octanol–water partition coefficient (Wildman–Crippen LogP) is 8.18. The highest BCUT2D eigenvalue weighted by molar-refractivity contribution is 6.74. The van der Waals surface area contributed by atoms with Crippen LogP contribution in [0, 0.1) is 0 Å². The Morgan fingerprint density at radius 1 is 0.446 bits per heavy atom. The first-order valence-electron chi connectivity index (χ1n) is 24.0. The molecular formula is C56H60O17Si. The van der Waals surface area contributed by atoms with Gasteiger partial charge in [-0.25, -0.2) is 24.0 Å². The Hall–Kier alpha value is -7.06. The van der Waals surface area contributed by atoms with Gasteiger partial charge in [0.1, 0.15) is 24.9 Å². The summed E-state index contributed by atoms with van der Waals surface area (Å²) in [6.07, 6.45) is -14.9. The summed E-state index contributed by atoms with van der Waals surface area (Å²) >= 11 is 0. The van der Waals surface area contributed by atoms with Gasteiger partial charge in [-0.3, -0.25) is 4.79 Å². The Morgan fingerprint density at radius 3 is 1.18 bits per heavy atom. The average molecular weight is 1030 g/mol. The molecule has 390 valence electrons. The highest BCUT2D eigenvalue weighted by atomic mass is 28.4. The van der Waals surface area contributed by atoms with Crippen molar-refractivity contribution < 1.29 is 80.6 Å². The van der Waals surface area contributed by atoms with Gasteiger partial charge in [0.15, 0.2) is 51.4 Å². The number of methoxy groups -OCH3 is 1. The minimum absolute atomic E-state index is 0.0952. The summed E-state index contributed by atoms with van der Waals surface area (Å²) in [4.78, 5) is 82.7. The van der Waals surface area contributed by atoms with E-state index in [2.05, 4.69) is 0 Å². The number of hydrogen-bond donors (Lipinski definition) is 0. The van der Waals surface area contributed by atoms with E-state index in [1.807, 2.05) is 33.9 Å². The minimum atomic E-state index is -2.89. The molecule has 74 heavy (non-hydrogen) atoms. The second-order valence-corrected chi connectivity index (χ2v) is 23.7. The van der Waals surface area contributed by atoms with E-state index < -0.39 is 124 Å². The molecule has 2 saturated heterocycles. The highest BCUT2D eigenvalue weighted by Gasteiger charge is 2.57. The third-order valence-corrected chi connectivity index (χ3v) is 17.3. The van der Waals surface area contributed by atoms with Crippen LogP contribution >= 0.6 is 0 Å². The normalized spacial score (nSPS) is 23.8. The van der Waals surface area contributed by atoms with Crippen molar-refractivity contribution in [1.82, 2.24) is 0 Å². The van der Waals surface area contributed by atoms with Gasteiger partial charge in [0, 0.05) is 14.0 Å². The molecule has 0 aromatic heterocycles.